The van der Waals surface area contributed by atoms with E-state index in [0.29, 0.717) is 32.7 Å². The quantitative estimate of drug-likeness (QED) is 0.651. The molecule has 0 aromatic rings. The van der Waals surface area contributed by atoms with Crippen molar-refractivity contribution in [3.8, 4) is 6.07 Å². The molecule has 0 aromatic heterocycles. The molecule has 0 spiro atoms. The first kappa shape index (κ1) is 17.4. The standard InChI is InChI=1S/C12H22N4O3/c1-4-14-12(18)15-11(17)10(2)16(7-5-6-13)8-9-19-3/h10H,4-5,7-9H2,1-3H3,(H2,14,15,17,18). The van der Waals surface area contributed by atoms with Crippen molar-refractivity contribution in [2.75, 3.05) is 33.4 Å². The topological polar surface area (TPSA) is 94.5 Å². The molecule has 1 atom stereocenters. The van der Waals surface area contributed by atoms with Gasteiger partial charge in [0.2, 0.25) is 5.91 Å². The Morgan fingerprint density at radius 3 is 2.63 bits per heavy atom. The lowest BCUT2D eigenvalue weighted by atomic mass is 10.2. The molecule has 0 saturated carbocycles. The van der Waals surface area contributed by atoms with Crippen LogP contribution >= 0.6 is 0 Å². The average molecular weight is 270 g/mol. The number of ether oxygens (including phenoxy) is 1. The summed E-state index contributed by atoms with van der Waals surface area (Å²) < 4.78 is 4.97. The molecule has 0 bridgehead atoms. The minimum Gasteiger partial charge on any atom is -0.383 e. The van der Waals surface area contributed by atoms with Gasteiger partial charge in [0, 0.05) is 33.2 Å². The lowest BCUT2D eigenvalue weighted by Crippen LogP contribution is -2.50. The Morgan fingerprint density at radius 2 is 2.11 bits per heavy atom. The number of carbonyl (C=O) groups is 2. The predicted molar refractivity (Wildman–Crippen MR) is 70.4 cm³/mol. The molecule has 0 heterocycles. The van der Waals surface area contributed by atoms with Gasteiger partial charge in [0.1, 0.15) is 0 Å². The third kappa shape index (κ3) is 7.39. The highest BCUT2D eigenvalue weighted by Gasteiger charge is 2.22. The van der Waals surface area contributed by atoms with E-state index in [0.717, 1.165) is 0 Å². The third-order valence-electron chi connectivity index (χ3n) is 2.59. The van der Waals surface area contributed by atoms with Crippen molar-refractivity contribution < 1.29 is 14.3 Å². The van der Waals surface area contributed by atoms with Crippen LogP contribution in [-0.2, 0) is 9.53 Å². The van der Waals surface area contributed by atoms with Gasteiger partial charge in [0.15, 0.2) is 0 Å². The number of hydrogen-bond donors (Lipinski definition) is 2. The lowest BCUT2D eigenvalue weighted by Gasteiger charge is -2.26. The zero-order valence-corrected chi connectivity index (χ0v) is 11.7. The summed E-state index contributed by atoms with van der Waals surface area (Å²) in [6, 6.07) is 1.03. The number of nitrogens with one attached hydrogen (secondary N) is 2. The maximum absolute atomic E-state index is 11.9. The van der Waals surface area contributed by atoms with Gasteiger partial charge in [-0.2, -0.15) is 5.26 Å². The molecule has 0 saturated heterocycles. The summed E-state index contributed by atoms with van der Waals surface area (Å²) >= 11 is 0. The number of urea groups is 1. The molecular weight excluding hydrogens is 248 g/mol. The molecule has 0 rings (SSSR count). The Balaban J connectivity index is 4.41. The first-order valence-corrected chi connectivity index (χ1v) is 6.25. The molecule has 3 amide bonds. The average Bonchev–Trinajstić information content (AvgIpc) is 2.38. The van der Waals surface area contributed by atoms with E-state index < -0.39 is 12.1 Å². The Bertz CT molecular complexity index is 327. The van der Waals surface area contributed by atoms with Crippen LogP contribution in [0.15, 0.2) is 0 Å². The van der Waals surface area contributed by atoms with Gasteiger partial charge in [-0.25, -0.2) is 4.79 Å². The molecule has 0 aromatic carbocycles. The number of amides is 3. The summed E-state index contributed by atoms with van der Waals surface area (Å²) in [6.07, 6.45) is 0.322. The van der Waals surface area contributed by atoms with Crippen LogP contribution in [0.25, 0.3) is 0 Å². The van der Waals surface area contributed by atoms with Crippen molar-refractivity contribution in [3.05, 3.63) is 0 Å². The molecule has 7 heteroatoms. The Hall–Kier alpha value is -1.65. The van der Waals surface area contributed by atoms with E-state index in [-0.39, 0.29) is 5.91 Å². The van der Waals surface area contributed by atoms with Gasteiger partial charge in [-0.1, -0.05) is 0 Å². The number of methoxy groups -OCH3 is 1. The van der Waals surface area contributed by atoms with E-state index in [1.807, 2.05) is 6.07 Å². The van der Waals surface area contributed by atoms with Crippen molar-refractivity contribution in [1.29, 1.82) is 5.26 Å². The molecule has 0 aliphatic heterocycles. The zero-order chi connectivity index (χ0) is 14.7. The highest BCUT2D eigenvalue weighted by molar-refractivity contribution is 5.96. The number of imide groups is 1. The number of hydrogen-bond acceptors (Lipinski definition) is 5. The van der Waals surface area contributed by atoms with Crippen LogP contribution in [-0.4, -0.2) is 56.2 Å². The van der Waals surface area contributed by atoms with Gasteiger partial charge in [-0.3, -0.25) is 15.0 Å². The molecule has 0 fully saturated rings. The van der Waals surface area contributed by atoms with Crippen LogP contribution in [0.1, 0.15) is 20.3 Å². The Kier molecular flexibility index (Phi) is 9.40. The van der Waals surface area contributed by atoms with Gasteiger partial charge in [-0.15, -0.1) is 0 Å². The van der Waals surface area contributed by atoms with E-state index in [9.17, 15) is 9.59 Å². The van der Waals surface area contributed by atoms with Crippen molar-refractivity contribution in [1.82, 2.24) is 15.5 Å². The number of nitrogens with zero attached hydrogens (tertiary/aromatic N) is 2. The van der Waals surface area contributed by atoms with E-state index >= 15 is 0 Å². The van der Waals surface area contributed by atoms with Crippen molar-refractivity contribution in [2.45, 2.75) is 26.3 Å². The SMILES string of the molecule is CCNC(=O)NC(=O)C(C)N(CCC#N)CCOC. The first-order chi connectivity index (χ1) is 9.06. The highest BCUT2D eigenvalue weighted by Crippen LogP contribution is 2.01. The van der Waals surface area contributed by atoms with Crippen LogP contribution in [0.4, 0.5) is 4.79 Å². The lowest BCUT2D eigenvalue weighted by molar-refractivity contribution is -0.125. The second kappa shape index (κ2) is 10.3. The first-order valence-electron chi connectivity index (χ1n) is 6.25. The van der Waals surface area contributed by atoms with E-state index in [1.54, 1.807) is 25.9 Å². The van der Waals surface area contributed by atoms with E-state index in [4.69, 9.17) is 10.00 Å². The zero-order valence-electron chi connectivity index (χ0n) is 11.7. The minimum absolute atomic E-state index is 0.322. The van der Waals surface area contributed by atoms with Gasteiger partial charge >= 0.3 is 6.03 Å². The summed E-state index contributed by atoms with van der Waals surface area (Å²) in [5.74, 6) is -0.389. The van der Waals surface area contributed by atoms with Crippen LogP contribution in [0, 0.1) is 11.3 Å². The molecule has 0 radical (unpaired) electrons. The molecule has 2 N–H and O–H groups in total. The van der Waals surface area contributed by atoms with E-state index in [2.05, 4.69) is 10.6 Å². The molecular formula is C12H22N4O3. The number of carbonyl (C=O) groups excluding carboxylic acids is 2. The molecule has 1 unspecified atom stereocenters. The summed E-state index contributed by atoms with van der Waals surface area (Å²) in [5, 5.41) is 13.4. The summed E-state index contributed by atoms with van der Waals surface area (Å²) in [6.45, 7) is 5.37. The monoisotopic (exact) mass is 270 g/mol. The fourth-order valence-electron chi connectivity index (χ4n) is 1.49. The molecule has 108 valence electrons. The van der Waals surface area contributed by atoms with Crippen molar-refractivity contribution in [3.63, 3.8) is 0 Å². The van der Waals surface area contributed by atoms with Crippen LogP contribution in [0.5, 0.6) is 0 Å². The van der Waals surface area contributed by atoms with Gasteiger partial charge in [0.05, 0.1) is 18.7 Å². The van der Waals surface area contributed by atoms with Crippen molar-refractivity contribution in [2.24, 2.45) is 0 Å². The fraction of sp³-hybridized carbons (Fsp3) is 0.750. The third-order valence-corrected chi connectivity index (χ3v) is 2.59. The largest absolute Gasteiger partial charge is 0.383 e. The van der Waals surface area contributed by atoms with Gasteiger partial charge in [0.25, 0.3) is 0 Å². The second-order valence-electron chi connectivity index (χ2n) is 3.96. The molecule has 7 nitrogen and oxygen atoms in total. The minimum atomic E-state index is -0.508. The van der Waals surface area contributed by atoms with Crippen LogP contribution in [0.2, 0.25) is 0 Å². The molecule has 0 aliphatic carbocycles. The Morgan fingerprint density at radius 1 is 1.42 bits per heavy atom. The van der Waals surface area contributed by atoms with Gasteiger partial charge < -0.3 is 10.1 Å². The molecule has 0 aliphatic rings. The van der Waals surface area contributed by atoms with E-state index in [1.165, 1.54) is 0 Å². The van der Waals surface area contributed by atoms with Gasteiger partial charge in [-0.05, 0) is 13.8 Å². The second-order valence-corrected chi connectivity index (χ2v) is 3.96. The van der Waals surface area contributed by atoms with Crippen LogP contribution in [0.3, 0.4) is 0 Å². The summed E-state index contributed by atoms with van der Waals surface area (Å²) in [7, 11) is 1.57. The number of nitriles is 1. The number of rotatable bonds is 8. The smallest absolute Gasteiger partial charge is 0.321 e. The Labute approximate surface area is 113 Å². The summed E-state index contributed by atoms with van der Waals surface area (Å²) in [4.78, 5) is 24.9. The summed E-state index contributed by atoms with van der Waals surface area (Å²) in [5.41, 5.74) is 0. The van der Waals surface area contributed by atoms with Crippen LogP contribution < -0.4 is 10.6 Å². The fourth-order valence-corrected chi connectivity index (χ4v) is 1.49. The molecule has 19 heavy (non-hydrogen) atoms. The highest BCUT2D eigenvalue weighted by atomic mass is 16.5. The maximum atomic E-state index is 11.9. The maximum Gasteiger partial charge on any atom is 0.321 e. The predicted octanol–water partition coefficient (Wildman–Crippen LogP) is 0.0827. The van der Waals surface area contributed by atoms with Crippen molar-refractivity contribution >= 4 is 11.9 Å². The normalized spacial score (nSPS) is 11.7.